The van der Waals surface area contributed by atoms with Gasteiger partial charge in [0.15, 0.2) is 10.2 Å². The van der Waals surface area contributed by atoms with Gasteiger partial charge in [-0.05, 0) is 66.2 Å². The van der Waals surface area contributed by atoms with Crippen LogP contribution in [0, 0.1) is 13.8 Å². The molecular formula is C23H19N3OS2. The zero-order valence-electron chi connectivity index (χ0n) is 16.0. The van der Waals surface area contributed by atoms with Crippen molar-refractivity contribution in [2.24, 2.45) is 0 Å². The summed E-state index contributed by atoms with van der Waals surface area (Å²) in [4.78, 5) is 17.0. The molecule has 0 saturated carbocycles. The number of hydrogen-bond acceptors (Lipinski definition) is 4. The molecule has 144 valence electrons. The van der Waals surface area contributed by atoms with Crippen LogP contribution in [0.4, 0.5) is 5.13 Å². The highest BCUT2D eigenvalue weighted by Gasteiger charge is 2.11. The quantitative estimate of drug-likeness (QED) is 0.420. The van der Waals surface area contributed by atoms with E-state index < -0.39 is 0 Å². The lowest BCUT2D eigenvalue weighted by molar-refractivity contribution is 0.0977. The summed E-state index contributed by atoms with van der Waals surface area (Å²) < 4.78 is 0. The van der Waals surface area contributed by atoms with Gasteiger partial charge in [-0.3, -0.25) is 10.1 Å². The van der Waals surface area contributed by atoms with E-state index >= 15 is 0 Å². The lowest BCUT2D eigenvalue weighted by Crippen LogP contribution is -2.34. The number of benzene rings is 3. The topological polar surface area (TPSA) is 54.0 Å². The maximum Gasteiger partial charge on any atom is 0.257 e. The monoisotopic (exact) mass is 417 g/mol. The number of hydrogen-bond donors (Lipinski definition) is 2. The van der Waals surface area contributed by atoms with Crippen LogP contribution in [0.25, 0.3) is 22.0 Å². The molecule has 0 bridgehead atoms. The molecule has 0 aliphatic carbocycles. The Morgan fingerprint density at radius 1 is 0.966 bits per heavy atom. The van der Waals surface area contributed by atoms with E-state index in [1.54, 1.807) is 6.07 Å². The van der Waals surface area contributed by atoms with Gasteiger partial charge in [-0.15, -0.1) is 11.3 Å². The Labute approximate surface area is 178 Å². The summed E-state index contributed by atoms with van der Waals surface area (Å²) in [6, 6.07) is 20.1. The second-order valence-corrected chi connectivity index (χ2v) is 8.07. The van der Waals surface area contributed by atoms with Crippen molar-refractivity contribution in [2.45, 2.75) is 13.8 Å². The first-order valence-electron chi connectivity index (χ1n) is 9.14. The summed E-state index contributed by atoms with van der Waals surface area (Å²) in [5.41, 5.74) is 4.69. The van der Waals surface area contributed by atoms with E-state index in [1.165, 1.54) is 22.1 Å². The van der Waals surface area contributed by atoms with Gasteiger partial charge in [-0.25, -0.2) is 4.98 Å². The third kappa shape index (κ3) is 4.34. The van der Waals surface area contributed by atoms with Gasteiger partial charge in [0.1, 0.15) is 0 Å². The van der Waals surface area contributed by atoms with Crippen LogP contribution in [0.15, 0.2) is 66.0 Å². The number of thiazole rings is 1. The molecule has 4 rings (SSSR count). The number of thiocarbonyl (C=S) groups is 1. The highest BCUT2D eigenvalue weighted by Crippen LogP contribution is 2.27. The number of aromatic nitrogens is 1. The predicted molar refractivity (Wildman–Crippen MR) is 125 cm³/mol. The first kappa shape index (κ1) is 19.2. The van der Waals surface area contributed by atoms with Crippen LogP contribution in [0.2, 0.25) is 0 Å². The number of rotatable bonds is 3. The Hall–Kier alpha value is -3.09. The Balaban J connectivity index is 1.44. The van der Waals surface area contributed by atoms with Gasteiger partial charge in [0.05, 0.1) is 5.69 Å². The molecule has 29 heavy (non-hydrogen) atoms. The average molecular weight is 418 g/mol. The number of carbonyl (C=O) groups is 1. The van der Waals surface area contributed by atoms with Crippen LogP contribution in [-0.2, 0) is 0 Å². The normalized spacial score (nSPS) is 10.7. The fourth-order valence-electron chi connectivity index (χ4n) is 3.00. The van der Waals surface area contributed by atoms with Crippen LogP contribution in [-0.4, -0.2) is 16.0 Å². The predicted octanol–water partition coefficient (Wildman–Crippen LogP) is 5.71. The van der Waals surface area contributed by atoms with E-state index in [2.05, 4.69) is 45.9 Å². The zero-order valence-corrected chi connectivity index (χ0v) is 17.7. The number of nitrogens with one attached hydrogen (secondary N) is 2. The summed E-state index contributed by atoms with van der Waals surface area (Å²) in [7, 11) is 0. The third-order valence-electron chi connectivity index (χ3n) is 4.77. The Morgan fingerprint density at radius 3 is 2.55 bits per heavy atom. The molecule has 6 heteroatoms. The molecule has 1 amide bonds. The summed E-state index contributed by atoms with van der Waals surface area (Å²) >= 11 is 6.73. The van der Waals surface area contributed by atoms with E-state index in [-0.39, 0.29) is 11.0 Å². The molecule has 0 unspecified atom stereocenters. The Bertz CT molecular complexity index is 1230. The van der Waals surface area contributed by atoms with Crippen molar-refractivity contribution in [1.82, 2.24) is 10.3 Å². The van der Waals surface area contributed by atoms with Crippen LogP contribution in [0.1, 0.15) is 21.5 Å². The van der Waals surface area contributed by atoms with E-state index in [9.17, 15) is 4.79 Å². The number of nitrogens with zero attached hydrogens (tertiary/aromatic N) is 1. The molecule has 0 atom stereocenters. The number of fused-ring (bicyclic) bond motifs is 1. The molecule has 0 fully saturated rings. The van der Waals surface area contributed by atoms with Gasteiger partial charge in [-0.1, -0.05) is 42.5 Å². The molecule has 4 nitrogen and oxygen atoms in total. The summed E-state index contributed by atoms with van der Waals surface area (Å²) in [5.74, 6) is -0.239. The smallest absolute Gasteiger partial charge is 0.257 e. The fraction of sp³-hybridized carbons (Fsp3) is 0.0870. The lowest BCUT2D eigenvalue weighted by Gasteiger charge is -2.08. The number of anilines is 1. The lowest BCUT2D eigenvalue weighted by atomic mass is 10.1. The minimum absolute atomic E-state index is 0.229. The van der Waals surface area contributed by atoms with Crippen LogP contribution >= 0.6 is 23.6 Å². The van der Waals surface area contributed by atoms with E-state index in [0.717, 1.165) is 22.4 Å². The molecular weight excluding hydrogens is 398 g/mol. The molecule has 2 N–H and O–H groups in total. The van der Waals surface area contributed by atoms with E-state index in [0.29, 0.717) is 10.7 Å². The molecule has 3 aromatic carbocycles. The second kappa shape index (κ2) is 8.11. The van der Waals surface area contributed by atoms with Crippen molar-refractivity contribution in [1.29, 1.82) is 0 Å². The van der Waals surface area contributed by atoms with Gasteiger partial charge in [0.2, 0.25) is 0 Å². The molecule has 0 spiro atoms. The zero-order chi connectivity index (χ0) is 20.4. The van der Waals surface area contributed by atoms with Gasteiger partial charge >= 0.3 is 0 Å². The number of aryl methyl sites for hydroxylation is 2. The van der Waals surface area contributed by atoms with E-state index in [4.69, 9.17) is 12.2 Å². The standard InChI is InChI=1S/C23H19N3OS2/c1-14-7-8-19(11-15(14)2)21(27)25-22(28)26-23-24-20(13-29-23)18-10-9-16-5-3-4-6-17(16)12-18/h3-13H,1-2H3,(H2,24,25,26,27,28). The first-order valence-corrected chi connectivity index (χ1v) is 10.4. The largest absolute Gasteiger partial charge is 0.308 e. The summed E-state index contributed by atoms with van der Waals surface area (Å²) in [6.07, 6.45) is 0. The average Bonchev–Trinajstić information content (AvgIpc) is 3.18. The van der Waals surface area contributed by atoms with Crippen molar-refractivity contribution in [2.75, 3.05) is 5.32 Å². The Kier molecular flexibility index (Phi) is 5.38. The van der Waals surface area contributed by atoms with Crippen LogP contribution in [0.3, 0.4) is 0 Å². The van der Waals surface area contributed by atoms with Gasteiger partial charge < -0.3 is 5.32 Å². The third-order valence-corrected chi connectivity index (χ3v) is 5.73. The molecule has 1 heterocycles. The maximum absolute atomic E-state index is 12.4. The van der Waals surface area contributed by atoms with E-state index in [1.807, 2.05) is 43.5 Å². The highest BCUT2D eigenvalue weighted by atomic mass is 32.1. The van der Waals surface area contributed by atoms with Crippen molar-refractivity contribution < 1.29 is 4.79 Å². The van der Waals surface area contributed by atoms with Gasteiger partial charge in [0, 0.05) is 16.5 Å². The van der Waals surface area contributed by atoms with Gasteiger partial charge in [-0.2, -0.15) is 0 Å². The second-order valence-electron chi connectivity index (χ2n) is 6.81. The maximum atomic E-state index is 12.4. The Morgan fingerprint density at radius 2 is 1.76 bits per heavy atom. The molecule has 0 aliphatic heterocycles. The van der Waals surface area contributed by atoms with Gasteiger partial charge in [0.25, 0.3) is 5.91 Å². The number of amides is 1. The first-order chi connectivity index (χ1) is 14.0. The molecule has 1 aromatic heterocycles. The van der Waals surface area contributed by atoms with Crippen LogP contribution < -0.4 is 10.6 Å². The van der Waals surface area contributed by atoms with Crippen molar-refractivity contribution in [3.05, 3.63) is 82.7 Å². The highest BCUT2D eigenvalue weighted by molar-refractivity contribution is 7.80. The van der Waals surface area contributed by atoms with Crippen LogP contribution in [0.5, 0.6) is 0 Å². The fourth-order valence-corrected chi connectivity index (χ4v) is 3.98. The molecule has 0 saturated heterocycles. The number of carbonyl (C=O) groups excluding carboxylic acids is 1. The molecule has 0 radical (unpaired) electrons. The summed E-state index contributed by atoms with van der Waals surface area (Å²) in [6.45, 7) is 3.99. The minimum Gasteiger partial charge on any atom is -0.308 e. The molecule has 4 aromatic rings. The molecule has 0 aliphatic rings. The minimum atomic E-state index is -0.239. The summed E-state index contributed by atoms with van der Waals surface area (Å²) in [5, 5.41) is 10.9. The van der Waals surface area contributed by atoms with Crippen molar-refractivity contribution in [3.63, 3.8) is 0 Å². The van der Waals surface area contributed by atoms with Crippen molar-refractivity contribution in [3.8, 4) is 11.3 Å². The van der Waals surface area contributed by atoms with Crippen molar-refractivity contribution >= 4 is 50.5 Å². The SMILES string of the molecule is Cc1ccc(C(=O)NC(=S)Nc2nc(-c3ccc4ccccc4c3)cs2)cc1C.